The molecule has 1 amide bonds. The van der Waals surface area contributed by atoms with E-state index in [4.69, 9.17) is 10.8 Å². The van der Waals surface area contributed by atoms with Crippen molar-refractivity contribution in [3.05, 3.63) is 0 Å². The Morgan fingerprint density at radius 2 is 1.94 bits per heavy atom. The topological polar surface area (TPSA) is 92.4 Å². The van der Waals surface area contributed by atoms with Gasteiger partial charge in [-0.15, -0.1) is 0 Å². The number of aliphatic carboxylic acids is 1. The lowest BCUT2D eigenvalue weighted by Gasteiger charge is -2.28. The zero-order valence-electron chi connectivity index (χ0n) is 11.0. The van der Waals surface area contributed by atoms with Crippen LogP contribution in [0.4, 0.5) is 0 Å². The molecule has 0 aliphatic heterocycles. The first kappa shape index (κ1) is 13.3. The fourth-order valence-corrected chi connectivity index (χ4v) is 3.23. The van der Waals surface area contributed by atoms with Crippen LogP contribution in [0, 0.1) is 23.2 Å². The molecule has 0 aromatic heterocycles. The number of hydrogen-bond donors (Lipinski definition) is 3. The van der Waals surface area contributed by atoms with Crippen LogP contribution in [0.1, 0.15) is 33.1 Å². The summed E-state index contributed by atoms with van der Waals surface area (Å²) in [6.07, 6.45) is 3.27. The smallest absolute Gasteiger partial charge is 0.310 e. The highest BCUT2D eigenvalue weighted by Crippen LogP contribution is 2.47. The van der Waals surface area contributed by atoms with Crippen molar-refractivity contribution in [1.29, 1.82) is 0 Å². The van der Waals surface area contributed by atoms with Crippen molar-refractivity contribution in [1.82, 2.24) is 5.32 Å². The second-order valence-corrected chi connectivity index (χ2v) is 6.34. The van der Waals surface area contributed by atoms with Gasteiger partial charge >= 0.3 is 5.97 Å². The van der Waals surface area contributed by atoms with Crippen molar-refractivity contribution in [3.63, 3.8) is 0 Å². The molecule has 0 aromatic carbocycles. The summed E-state index contributed by atoms with van der Waals surface area (Å²) in [6, 6.07) is -0.0447. The zero-order valence-corrected chi connectivity index (χ0v) is 11.0. The van der Waals surface area contributed by atoms with Crippen LogP contribution in [0.15, 0.2) is 0 Å². The van der Waals surface area contributed by atoms with Gasteiger partial charge in [0.1, 0.15) is 0 Å². The minimum atomic E-state index is -0.933. The number of rotatable bonds is 4. The van der Waals surface area contributed by atoms with Crippen LogP contribution >= 0.6 is 0 Å². The molecule has 2 saturated carbocycles. The predicted octanol–water partition coefficient (Wildman–Crippen LogP) is 0.587. The molecule has 2 fully saturated rings. The molecule has 5 heteroatoms. The third-order valence-corrected chi connectivity index (χ3v) is 4.57. The maximum atomic E-state index is 12.1. The standard InChI is InChI=1S/C13H22N2O3/c1-13(2,12(17)18)6-15-11(16)9-7-3-4-8(5-7)10(9)14/h7-10H,3-6,14H2,1-2H3,(H,15,16)(H,17,18). The summed E-state index contributed by atoms with van der Waals surface area (Å²) in [7, 11) is 0. The molecule has 0 radical (unpaired) electrons. The number of hydrogen-bond acceptors (Lipinski definition) is 3. The summed E-state index contributed by atoms with van der Waals surface area (Å²) in [5, 5.41) is 11.8. The predicted molar refractivity (Wildman–Crippen MR) is 66.7 cm³/mol. The lowest BCUT2D eigenvalue weighted by atomic mass is 9.84. The maximum absolute atomic E-state index is 12.1. The Balaban J connectivity index is 1.91. The van der Waals surface area contributed by atoms with E-state index < -0.39 is 11.4 Å². The van der Waals surface area contributed by atoms with E-state index in [2.05, 4.69) is 5.32 Å². The van der Waals surface area contributed by atoms with E-state index in [1.165, 1.54) is 0 Å². The van der Waals surface area contributed by atoms with E-state index in [0.717, 1.165) is 19.3 Å². The van der Waals surface area contributed by atoms with Gasteiger partial charge in [-0.1, -0.05) is 0 Å². The van der Waals surface area contributed by atoms with Gasteiger partial charge in [0, 0.05) is 12.6 Å². The molecule has 0 aromatic rings. The number of carboxylic acids is 1. The van der Waals surface area contributed by atoms with Crippen molar-refractivity contribution in [2.75, 3.05) is 6.54 Å². The summed E-state index contributed by atoms with van der Waals surface area (Å²) in [5.41, 5.74) is 5.15. The molecule has 2 aliphatic rings. The quantitative estimate of drug-likeness (QED) is 0.684. The van der Waals surface area contributed by atoms with Gasteiger partial charge in [-0.2, -0.15) is 0 Å². The average Bonchev–Trinajstić information content (AvgIpc) is 2.86. The van der Waals surface area contributed by atoms with Gasteiger partial charge in [0.05, 0.1) is 11.3 Å². The average molecular weight is 254 g/mol. The molecular weight excluding hydrogens is 232 g/mol. The normalized spacial score (nSPS) is 34.6. The van der Waals surface area contributed by atoms with Crippen molar-refractivity contribution >= 4 is 11.9 Å². The Morgan fingerprint density at radius 3 is 2.44 bits per heavy atom. The van der Waals surface area contributed by atoms with Crippen LogP contribution in [-0.2, 0) is 9.59 Å². The molecule has 0 heterocycles. The third kappa shape index (κ3) is 2.23. The minimum absolute atomic E-state index is 0.0447. The molecule has 5 nitrogen and oxygen atoms in total. The first-order valence-corrected chi connectivity index (χ1v) is 6.59. The molecule has 0 spiro atoms. The number of carbonyl (C=O) groups is 2. The molecule has 2 rings (SSSR count). The molecule has 2 bridgehead atoms. The van der Waals surface area contributed by atoms with Gasteiger partial charge in [0.25, 0.3) is 0 Å². The second-order valence-electron chi connectivity index (χ2n) is 6.34. The van der Waals surface area contributed by atoms with Crippen molar-refractivity contribution < 1.29 is 14.7 Å². The summed E-state index contributed by atoms with van der Waals surface area (Å²) in [5.74, 6) is -0.200. The number of carbonyl (C=O) groups excluding carboxylic acids is 1. The number of fused-ring (bicyclic) bond motifs is 2. The molecule has 0 saturated heterocycles. The highest BCUT2D eigenvalue weighted by Gasteiger charge is 2.49. The largest absolute Gasteiger partial charge is 0.481 e. The lowest BCUT2D eigenvalue weighted by Crippen LogP contribution is -2.48. The van der Waals surface area contributed by atoms with E-state index >= 15 is 0 Å². The molecular formula is C13H22N2O3. The van der Waals surface area contributed by atoms with Crippen LogP contribution in [0.2, 0.25) is 0 Å². The summed E-state index contributed by atoms with van der Waals surface area (Å²) < 4.78 is 0. The number of carboxylic acid groups (broad SMARTS) is 1. The Morgan fingerprint density at radius 1 is 1.33 bits per heavy atom. The Hall–Kier alpha value is -1.10. The molecule has 4 unspecified atom stereocenters. The van der Waals surface area contributed by atoms with Crippen LogP contribution in [0.25, 0.3) is 0 Å². The number of nitrogens with two attached hydrogens (primary N) is 1. The fourth-order valence-electron chi connectivity index (χ4n) is 3.23. The SMILES string of the molecule is CC(C)(CNC(=O)C1C2CCC(C2)C1N)C(=O)O. The lowest BCUT2D eigenvalue weighted by molar-refractivity contribution is -0.147. The van der Waals surface area contributed by atoms with Crippen LogP contribution in [-0.4, -0.2) is 29.6 Å². The van der Waals surface area contributed by atoms with Crippen molar-refractivity contribution in [3.8, 4) is 0 Å². The zero-order chi connectivity index (χ0) is 13.5. The highest BCUT2D eigenvalue weighted by atomic mass is 16.4. The van der Waals surface area contributed by atoms with Gasteiger partial charge in [0.15, 0.2) is 0 Å². The minimum Gasteiger partial charge on any atom is -0.481 e. The summed E-state index contributed by atoms with van der Waals surface area (Å²) in [4.78, 5) is 23.1. The molecule has 2 aliphatic carbocycles. The van der Waals surface area contributed by atoms with Gasteiger partial charge in [-0.05, 0) is 44.9 Å². The monoisotopic (exact) mass is 254 g/mol. The first-order valence-electron chi connectivity index (χ1n) is 6.59. The van der Waals surface area contributed by atoms with E-state index in [-0.39, 0.29) is 24.4 Å². The number of amides is 1. The van der Waals surface area contributed by atoms with Crippen molar-refractivity contribution in [2.45, 2.75) is 39.2 Å². The summed E-state index contributed by atoms with van der Waals surface area (Å²) >= 11 is 0. The first-order chi connectivity index (χ1) is 8.33. The van der Waals surface area contributed by atoms with E-state index in [0.29, 0.717) is 11.8 Å². The van der Waals surface area contributed by atoms with Gasteiger partial charge < -0.3 is 16.2 Å². The van der Waals surface area contributed by atoms with Crippen LogP contribution < -0.4 is 11.1 Å². The summed E-state index contributed by atoms with van der Waals surface area (Å²) in [6.45, 7) is 3.37. The number of nitrogens with one attached hydrogen (secondary N) is 1. The molecule has 4 N–H and O–H groups in total. The van der Waals surface area contributed by atoms with Gasteiger partial charge in [-0.3, -0.25) is 9.59 Å². The molecule has 18 heavy (non-hydrogen) atoms. The fraction of sp³-hybridized carbons (Fsp3) is 0.846. The maximum Gasteiger partial charge on any atom is 0.310 e. The van der Waals surface area contributed by atoms with Gasteiger partial charge in [0.2, 0.25) is 5.91 Å². The second kappa shape index (κ2) is 4.53. The Kier molecular flexibility index (Phi) is 3.36. The van der Waals surface area contributed by atoms with Crippen LogP contribution in [0.5, 0.6) is 0 Å². The van der Waals surface area contributed by atoms with Crippen LogP contribution in [0.3, 0.4) is 0 Å². The van der Waals surface area contributed by atoms with E-state index in [1.807, 2.05) is 0 Å². The molecule has 4 atom stereocenters. The third-order valence-electron chi connectivity index (χ3n) is 4.57. The molecule has 102 valence electrons. The van der Waals surface area contributed by atoms with Crippen molar-refractivity contribution in [2.24, 2.45) is 28.9 Å². The van der Waals surface area contributed by atoms with Gasteiger partial charge in [-0.25, -0.2) is 0 Å². The Bertz CT molecular complexity index is 365. The van der Waals surface area contributed by atoms with E-state index in [1.54, 1.807) is 13.8 Å². The van der Waals surface area contributed by atoms with E-state index in [9.17, 15) is 9.59 Å². The Labute approximate surface area is 107 Å². The highest BCUT2D eigenvalue weighted by molar-refractivity contribution is 5.81.